The average molecular weight is 296 g/mol. The van der Waals surface area contributed by atoms with Crippen LogP contribution in [-0.4, -0.2) is 16.1 Å². The maximum atomic E-state index is 10.9. The van der Waals surface area contributed by atoms with Crippen molar-refractivity contribution in [1.29, 1.82) is 0 Å². The number of nitrogens with zero attached hydrogens (tertiary/aromatic N) is 1. The molecule has 0 spiro atoms. The van der Waals surface area contributed by atoms with Gasteiger partial charge in [0.05, 0.1) is 0 Å². The Morgan fingerprint density at radius 2 is 2.12 bits per heavy atom. The molecule has 0 saturated carbocycles. The van der Waals surface area contributed by atoms with Gasteiger partial charge in [0.1, 0.15) is 5.76 Å². The summed E-state index contributed by atoms with van der Waals surface area (Å²) in [6, 6.07) is 5.61. The van der Waals surface area contributed by atoms with E-state index in [-0.39, 0.29) is 5.69 Å². The summed E-state index contributed by atoms with van der Waals surface area (Å²) in [6.45, 7) is 3.51. The van der Waals surface area contributed by atoms with Crippen LogP contribution in [0.15, 0.2) is 27.1 Å². The Balaban J connectivity index is 2.58. The van der Waals surface area contributed by atoms with Crippen molar-refractivity contribution in [2.45, 2.75) is 13.8 Å². The van der Waals surface area contributed by atoms with E-state index in [4.69, 9.17) is 9.52 Å². The first-order chi connectivity index (χ1) is 8.00. The lowest BCUT2D eigenvalue weighted by Crippen LogP contribution is -1.98. The molecular formula is C12H10BrNO3. The molecule has 0 aliphatic carbocycles. The Labute approximate surface area is 106 Å². The molecule has 0 saturated heterocycles. The SMILES string of the molecule is Cc1oc(-c2cccc(Br)c2C)nc1C(=O)O. The van der Waals surface area contributed by atoms with Crippen LogP contribution in [0.2, 0.25) is 0 Å². The van der Waals surface area contributed by atoms with Crippen molar-refractivity contribution in [3.05, 3.63) is 39.7 Å². The molecule has 2 aromatic rings. The fourth-order valence-corrected chi connectivity index (χ4v) is 1.92. The van der Waals surface area contributed by atoms with E-state index < -0.39 is 5.97 Å². The van der Waals surface area contributed by atoms with Gasteiger partial charge in [-0.2, -0.15) is 0 Å². The van der Waals surface area contributed by atoms with Crippen molar-refractivity contribution < 1.29 is 14.3 Å². The first kappa shape index (κ1) is 11.9. The zero-order valence-electron chi connectivity index (χ0n) is 9.32. The summed E-state index contributed by atoms with van der Waals surface area (Å²) in [5.74, 6) is -0.435. The highest BCUT2D eigenvalue weighted by Gasteiger charge is 2.18. The summed E-state index contributed by atoms with van der Waals surface area (Å²) in [7, 11) is 0. The predicted molar refractivity (Wildman–Crippen MR) is 66.1 cm³/mol. The number of rotatable bonds is 2. The predicted octanol–water partition coefficient (Wildman–Crippen LogP) is 3.42. The Kier molecular flexibility index (Phi) is 3.02. The third-order valence-corrected chi connectivity index (χ3v) is 3.36. The Bertz CT molecular complexity index is 589. The fourth-order valence-electron chi connectivity index (χ4n) is 1.55. The van der Waals surface area contributed by atoms with Crippen LogP contribution in [0.5, 0.6) is 0 Å². The van der Waals surface area contributed by atoms with Crippen molar-refractivity contribution in [1.82, 2.24) is 4.98 Å². The minimum absolute atomic E-state index is 0.0422. The maximum absolute atomic E-state index is 10.9. The normalized spacial score (nSPS) is 10.5. The number of aromatic carboxylic acids is 1. The second-order valence-corrected chi connectivity index (χ2v) is 4.50. The number of halogens is 1. The van der Waals surface area contributed by atoms with Crippen LogP contribution in [0.4, 0.5) is 0 Å². The summed E-state index contributed by atoms with van der Waals surface area (Å²) in [6.07, 6.45) is 0. The molecule has 5 heteroatoms. The lowest BCUT2D eigenvalue weighted by Gasteiger charge is -2.02. The largest absolute Gasteiger partial charge is 0.476 e. The topological polar surface area (TPSA) is 63.3 Å². The Morgan fingerprint density at radius 1 is 1.41 bits per heavy atom. The van der Waals surface area contributed by atoms with Gasteiger partial charge in [0.25, 0.3) is 0 Å². The van der Waals surface area contributed by atoms with Gasteiger partial charge >= 0.3 is 5.97 Å². The van der Waals surface area contributed by atoms with Crippen LogP contribution in [-0.2, 0) is 0 Å². The second-order valence-electron chi connectivity index (χ2n) is 3.64. The number of carbonyl (C=O) groups is 1. The van der Waals surface area contributed by atoms with Crippen molar-refractivity contribution in [3.8, 4) is 11.5 Å². The molecule has 0 radical (unpaired) electrons. The van der Waals surface area contributed by atoms with Gasteiger partial charge in [-0.15, -0.1) is 0 Å². The van der Waals surface area contributed by atoms with Gasteiger partial charge in [-0.25, -0.2) is 9.78 Å². The van der Waals surface area contributed by atoms with E-state index in [1.54, 1.807) is 6.92 Å². The summed E-state index contributed by atoms with van der Waals surface area (Å²) in [5.41, 5.74) is 1.71. The molecule has 1 aromatic heterocycles. The van der Waals surface area contributed by atoms with E-state index in [2.05, 4.69) is 20.9 Å². The smallest absolute Gasteiger partial charge is 0.358 e. The molecule has 4 nitrogen and oxygen atoms in total. The van der Waals surface area contributed by atoms with E-state index in [1.807, 2.05) is 25.1 Å². The molecule has 2 rings (SSSR count). The number of aromatic nitrogens is 1. The minimum atomic E-state index is -1.08. The van der Waals surface area contributed by atoms with Gasteiger partial charge in [0.2, 0.25) is 5.89 Å². The molecule has 88 valence electrons. The lowest BCUT2D eigenvalue weighted by molar-refractivity contribution is 0.0689. The monoisotopic (exact) mass is 295 g/mol. The summed E-state index contributed by atoms with van der Waals surface area (Å²) >= 11 is 3.41. The summed E-state index contributed by atoms with van der Waals surface area (Å²) in [4.78, 5) is 14.9. The number of benzene rings is 1. The quantitative estimate of drug-likeness (QED) is 0.922. The first-order valence-corrected chi connectivity index (χ1v) is 5.76. The number of hydrogen-bond acceptors (Lipinski definition) is 3. The Hall–Kier alpha value is -1.62. The van der Waals surface area contributed by atoms with Crippen LogP contribution in [0.3, 0.4) is 0 Å². The third kappa shape index (κ3) is 2.10. The lowest BCUT2D eigenvalue weighted by atomic mass is 10.1. The van der Waals surface area contributed by atoms with Gasteiger partial charge in [-0.1, -0.05) is 22.0 Å². The molecule has 0 bridgehead atoms. The standard InChI is InChI=1S/C12H10BrNO3/c1-6-8(4-3-5-9(6)13)11-14-10(12(15)16)7(2)17-11/h3-5H,1-2H3,(H,15,16). The number of hydrogen-bond donors (Lipinski definition) is 1. The number of oxazole rings is 1. The molecule has 17 heavy (non-hydrogen) atoms. The molecule has 0 fully saturated rings. The van der Waals surface area contributed by atoms with Gasteiger partial charge in [-0.05, 0) is 31.5 Å². The minimum Gasteiger partial charge on any atom is -0.476 e. The van der Waals surface area contributed by atoms with E-state index in [9.17, 15) is 4.79 Å². The molecular weight excluding hydrogens is 286 g/mol. The van der Waals surface area contributed by atoms with Crippen molar-refractivity contribution in [2.24, 2.45) is 0 Å². The van der Waals surface area contributed by atoms with Gasteiger partial charge in [0, 0.05) is 10.0 Å². The highest BCUT2D eigenvalue weighted by molar-refractivity contribution is 9.10. The second kappa shape index (κ2) is 4.33. The number of carboxylic acids is 1. The van der Waals surface area contributed by atoms with Gasteiger partial charge in [0.15, 0.2) is 5.69 Å². The summed E-state index contributed by atoms with van der Waals surface area (Å²) < 4.78 is 6.32. The highest BCUT2D eigenvalue weighted by atomic mass is 79.9. The van der Waals surface area contributed by atoms with Crippen LogP contribution in [0, 0.1) is 13.8 Å². The van der Waals surface area contributed by atoms with E-state index in [0.717, 1.165) is 15.6 Å². The molecule has 1 heterocycles. The number of carboxylic acid groups (broad SMARTS) is 1. The third-order valence-electron chi connectivity index (χ3n) is 2.50. The zero-order chi connectivity index (χ0) is 12.6. The van der Waals surface area contributed by atoms with Crippen LogP contribution >= 0.6 is 15.9 Å². The summed E-state index contributed by atoms with van der Waals surface area (Å²) in [5, 5.41) is 8.92. The molecule has 0 unspecified atom stereocenters. The first-order valence-electron chi connectivity index (χ1n) is 4.97. The van der Waals surface area contributed by atoms with Crippen molar-refractivity contribution >= 4 is 21.9 Å². The Morgan fingerprint density at radius 3 is 2.71 bits per heavy atom. The fraction of sp³-hybridized carbons (Fsp3) is 0.167. The molecule has 0 atom stereocenters. The van der Waals surface area contributed by atoms with Crippen molar-refractivity contribution in [3.63, 3.8) is 0 Å². The van der Waals surface area contributed by atoms with Crippen LogP contribution in [0.1, 0.15) is 21.8 Å². The van der Waals surface area contributed by atoms with Crippen molar-refractivity contribution in [2.75, 3.05) is 0 Å². The zero-order valence-corrected chi connectivity index (χ0v) is 10.9. The van der Waals surface area contributed by atoms with E-state index >= 15 is 0 Å². The highest BCUT2D eigenvalue weighted by Crippen LogP contribution is 2.29. The van der Waals surface area contributed by atoms with E-state index in [1.165, 1.54) is 0 Å². The van der Waals surface area contributed by atoms with Gasteiger partial charge in [-0.3, -0.25) is 0 Å². The van der Waals surface area contributed by atoms with Crippen LogP contribution in [0.25, 0.3) is 11.5 Å². The number of aryl methyl sites for hydroxylation is 1. The average Bonchev–Trinajstić information content (AvgIpc) is 2.64. The van der Waals surface area contributed by atoms with Crippen LogP contribution < -0.4 is 0 Å². The maximum Gasteiger partial charge on any atom is 0.358 e. The molecule has 0 aliphatic rings. The molecule has 1 N–H and O–H groups in total. The van der Waals surface area contributed by atoms with Gasteiger partial charge < -0.3 is 9.52 Å². The molecule has 0 aliphatic heterocycles. The molecule has 0 amide bonds. The molecule has 1 aromatic carbocycles. The van der Waals surface area contributed by atoms with E-state index in [0.29, 0.717) is 11.7 Å².